The number of hydrogen-bond donors (Lipinski definition) is 1. The van der Waals surface area contributed by atoms with Crippen molar-refractivity contribution in [3.05, 3.63) is 47.3 Å². The van der Waals surface area contributed by atoms with E-state index in [0.717, 1.165) is 26.6 Å². The van der Waals surface area contributed by atoms with Crippen molar-refractivity contribution in [1.29, 1.82) is 5.26 Å². The van der Waals surface area contributed by atoms with Crippen LogP contribution in [0.5, 0.6) is 0 Å². The molecule has 6 heteroatoms. The average molecular weight is 295 g/mol. The highest BCUT2D eigenvalue weighted by Crippen LogP contribution is 2.25. The summed E-state index contributed by atoms with van der Waals surface area (Å²) in [6, 6.07) is 11.9. The minimum atomic E-state index is 0.619. The molecule has 5 nitrogen and oxygen atoms in total. The van der Waals surface area contributed by atoms with E-state index in [1.165, 1.54) is 0 Å². The number of anilines is 1. The summed E-state index contributed by atoms with van der Waals surface area (Å²) >= 11 is 1.56. The fraction of sp³-hybridized carbons (Fsp3) is 0.133. The molecule has 0 atom stereocenters. The molecule has 0 aliphatic heterocycles. The second kappa shape index (κ2) is 5.38. The monoisotopic (exact) mass is 295 g/mol. The molecule has 0 amide bonds. The molecule has 21 heavy (non-hydrogen) atoms. The topological polar surface area (TPSA) is 66.0 Å². The van der Waals surface area contributed by atoms with E-state index in [9.17, 15) is 0 Å². The summed E-state index contributed by atoms with van der Waals surface area (Å²) in [5, 5.41) is 14.0. The Balaban J connectivity index is 1.79. The van der Waals surface area contributed by atoms with Gasteiger partial charge < -0.3 is 4.57 Å². The predicted molar refractivity (Wildman–Crippen MR) is 85.7 cm³/mol. The van der Waals surface area contributed by atoms with Crippen molar-refractivity contribution in [1.82, 2.24) is 9.55 Å². The molecule has 0 aliphatic carbocycles. The van der Waals surface area contributed by atoms with Gasteiger partial charge in [0.1, 0.15) is 11.8 Å². The van der Waals surface area contributed by atoms with Crippen LogP contribution in [0.3, 0.4) is 0 Å². The van der Waals surface area contributed by atoms with E-state index in [2.05, 4.69) is 21.6 Å². The van der Waals surface area contributed by atoms with Crippen LogP contribution >= 0.6 is 11.3 Å². The highest BCUT2D eigenvalue weighted by atomic mass is 32.1. The van der Waals surface area contributed by atoms with Crippen LogP contribution in [0.25, 0.3) is 10.2 Å². The second-order valence-electron chi connectivity index (χ2n) is 4.60. The smallest absolute Gasteiger partial charge is 0.204 e. The molecule has 0 saturated heterocycles. The lowest BCUT2D eigenvalue weighted by Crippen LogP contribution is -1.95. The number of fused-ring (bicyclic) bond motifs is 1. The second-order valence-corrected chi connectivity index (χ2v) is 5.63. The Labute approximate surface area is 126 Å². The van der Waals surface area contributed by atoms with Crippen molar-refractivity contribution in [3.63, 3.8) is 0 Å². The number of hydrogen-bond acceptors (Lipinski definition) is 5. The fourth-order valence-electron chi connectivity index (χ4n) is 2.04. The molecular formula is C15H13N5S. The summed E-state index contributed by atoms with van der Waals surface area (Å²) in [7, 11) is 1.87. The normalized spacial score (nSPS) is 11.1. The summed E-state index contributed by atoms with van der Waals surface area (Å²) in [4.78, 5) is 4.44. The number of benzene rings is 1. The maximum atomic E-state index is 9.00. The zero-order valence-corrected chi connectivity index (χ0v) is 12.5. The first kappa shape index (κ1) is 13.3. The van der Waals surface area contributed by atoms with Crippen molar-refractivity contribution in [3.8, 4) is 6.07 Å². The number of aromatic nitrogens is 2. The van der Waals surface area contributed by atoms with E-state index in [0.29, 0.717) is 5.69 Å². The van der Waals surface area contributed by atoms with Crippen LogP contribution in [0, 0.1) is 18.3 Å². The molecule has 1 N–H and O–H groups in total. The van der Waals surface area contributed by atoms with Crippen molar-refractivity contribution >= 4 is 32.9 Å². The summed E-state index contributed by atoms with van der Waals surface area (Å²) in [6.45, 7) is 1.96. The number of rotatable bonds is 3. The molecule has 104 valence electrons. The SMILES string of the molecule is Cc1c(/C=N/Nc2nc3ccccc3s2)cc(C#N)n1C. The lowest BCUT2D eigenvalue weighted by atomic mass is 10.3. The first-order valence-electron chi connectivity index (χ1n) is 6.40. The van der Waals surface area contributed by atoms with Gasteiger partial charge in [0, 0.05) is 18.3 Å². The molecule has 0 radical (unpaired) electrons. The van der Waals surface area contributed by atoms with Gasteiger partial charge in [-0.1, -0.05) is 23.5 Å². The Kier molecular flexibility index (Phi) is 3.42. The Bertz CT molecular complexity index is 833. The molecule has 0 unspecified atom stereocenters. The van der Waals surface area contributed by atoms with Crippen LogP contribution < -0.4 is 5.43 Å². The van der Waals surface area contributed by atoms with E-state index in [-0.39, 0.29) is 0 Å². The van der Waals surface area contributed by atoms with Crippen LogP contribution in [0.1, 0.15) is 17.0 Å². The Hall–Kier alpha value is -2.65. The Morgan fingerprint density at radius 2 is 2.24 bits per heavy atom. The molecule has 2 heterocycles. The minimum absolute atomic E-state index is 0.619. The molecule has 2 aromatic heterocycles. The van der Waals surface area contributed by atoms with E-state index < -0.39 is 0 Å². The van der Waals surface area contributed by atoms with Gasteiger partial charge in [-0.3, -0.25) is 5.43 Å². The van der Waals surface area contributed by atoms with Crippen LogP contribution in [-0.2, 0) is 7.05 Å². The van der Waals surface area contributed by atoms with Gasteiger partial charge in [0.05, 0.1) is 16.4 Å². The number of thiazole rings is 1. The third kappa shape index (κ3) is 2.51. The minimum Gasteiger partial charge on any atom is -0.339 e. The Morgan fingerprint density at radius 3 is 2.95 bits per heavy atom. The zero-order valence-electron chi connectivity index (χ0n) is 11.7. The van der Waals surface area contributed by atoms with Gasteiger partial charge in [-0.2, -0.15) is 10.4 Å². The number of nitrogens with zero attached hydrogens (tertiary/aromatic N) is 4. The maximum Gasteiger partial charge on any atom is 0.204 e. The van der Waals surface area contributed by atoms with Gasteiger partial charge >= 0.3 is 0 Å². The first-order chi connectivity index (χ1) is 10.2. The highest BCUT2D eigenvalue weighted by Gasteiger charge is 2.06. The molecule has 0 aliphatic rings. The van der Waals surface area contributed by atoms with Crippen molar-refractivity contribution in [2.24, 2.45) is 12.1 Å². The molecule has 1 aromatic carbocycles. The standard InChI is InChI=1S/C15H13N5S/c1-10-11(7-12(8-16)20(10)2)9-17-19-15-18-13-5-3-4-6-14(13)21-15/h3-7,9H,1-2H3,(H,18,19)/b17-9+. The molecule has 0 spiro atoms. The first-order valence-corrected chi connectivity index (χ1v) is 7.22. The van der Waals surface area contributed by atoms with E-state index in [4.69, 9.17) is 5.26 Å². The van der Waals surface area contributed by atoms with Crippen LogP contribution in [0.2, 0.25) is 0 Å². The van der Waals surface area contributed by atoms with Crippen LogP contribution in [-0.4, -0.2) is 15.8 Å². The number of nitriles is 1. The zero-order chi connectivity index (χ0) is 14.8. The fourth-order valence-corrected chi connectivity index (χ4v) is 2.85. The van der Waals surface area contributed by atoms with Gasteiger partial charge in [0.2, 0.25) is 5.13 Å². The summed E-state index contributed by atoms with van der Waals surface area (Å²) in [5.74, 6) is 0. The van der Waals surface area contributed by atoms with Crippen LogP contribution in [0.15, 0.2) is 35.4 Å². The molecule has 0 saturated carbocycles. The number of nitrogens with one attached hydrogen (secondary N) is 1. The third-order valence-electron chi connectivity index (χ3n) is 3.35. The van der Waals surface area contributed by atoms with Gasteiger partial charge in [-0.25, -0.2) is 4.98 Å². The molecule has 3 rings (SSSR count). The molecule has 3 aromatic rings. The van der Waals surface area contributed by atoms with Gasteiger partial charge in [0.25, 0.3) is 0 Å². The highest BCUT2D eigenvalue weighted by molar-refractivity contribution is 7.22. The maximum absolute atomic E-state index is 9.00. The molecule has 0 bridgehead atoms. The number of para-hydroxylation sites is 1. The lowest BCUT2D eigenvalue weighted by molar-refractivity contribution is 0.865. The van der Waals surface area contributed by atoms with E-state index in [1.54, 1.807) is 17.6 Å². The molecule has 0 fully saturated rings. The summed E-state index contributed by atoms with van der Waals surface area (Å²) < 4.78 is 2.97. The lowest BCUT2D eigenvalue weighted by Gasteiger charge is -1.97. The van der Waals surface area contributed by atoms with Crippen molar-refractivity contribution in [2.45, 2.75) is 6.92 Å². The van der Waals surface area contributed by atoms with E-state index in [1.807, 2.05) is 48.9 Å². The van der Waals surface area contributed by atoms with Gasteiger partial charge in [-0.15, -0.1) is 0 Å². The van der Waals surface area contributed by atoms with Crippen molar-refractivity contribution < 1.29 is 0 Å². The average Bonchev–Trinajstić information content (AvgIpc) is 3.02. The van der Waals surface area contributed by atoms with Crippen molar-refractivity contribution in [2.75, 3.05) is 5.43 Å². The third-order valence-corrected chi connectivity index (χ3v) is 4.29. The van der Waals surface area contributed by atoms with Gasteiger partial charge in [-0.05, 0) is 25.1 Å². The summed E-state index contributed by atoms with van der Waals surface area (Å²) in [5.41, 5.74) is 6.44. The van der Waals surface area contributed by atoms with Gasteiger partial charge in [0.15, 0.2) is 0 Å². The Morgan fingerprint density at radius 1 is 1.43 bits per heavy atom. The quantitative estimate of drug-likeness (QED) is 0.596. The molecular weight excluding hydrogens is 282 g/mol. The summed E-state index contributed by atoms with van der Waals surface area (Å²) in [6.07, 6.45) is 1.71. The number of hydrazone groups is 1. The largest absolute Gasteiger partial charge is 0.339 e. The van der Waals surface area contributed by atoms with Crippen LogP contribution in [0.4, 0.5) is 5.13 Å². The van der Waals surface area contributed by atoms with E-state index >= 15 is 0 Å². The predicted octanol–water partition coefficient (Wildman–Crippen LogP) is 3.26.